The highest BCUT2D eigenvalue weighted by molar-refractivity contribution is 5.59. The number of aromatic nitrogens is 2. The molecule has 1 aromatic heterocycles. The Morgan fingerprint density at radius 1 is 1.20 bits per heavy atom. The molecule has 1 saturated heterocycles. The molecule has 0 amide bonds. The Balaban J connectivity index is 2.33. The van der Waals surface area contributed by atoms with Crippen molar-refractivity contribution >= 4 is 11.6 Å². The van der Waals surface area contributed by atoms with Crippen LogP contribution in [0.4, 0.5) is 11.6 Å². The number of aryl methyl sites for hydroxylation is 1. The van der Waals surface area contributed by atoms with Gasteiger partial charge in [0.1, 0.15) is 29.7 Å². The van der Waals surface area contributed by atoms with Gasteiger partial charge in [-0.2, -0.15) is 0 Å². The van der Waals surface area contributed by atoms with Crippen LogP contribution in [0.1, 0.15) is 18.3 Å². The zero-order chi connectivity index (χ0) is 14.7. The van der Waals surface area contributed by atoms with Crippen LogP contribution in [-0.4, -0.2) is 56.5 Å². The van der Waals surface area contributed by atoms with E-state index in [1.54, 1.807) is 14.2 Å². The normalized spacial score (nSPS) is 22.4. The Bertz CT molecular complexity index is 455. The van der Waals surface area contributed by atoms with Crippen molar-refractivity contribution in [2.24, 2.45) is 0 Å². The summed E-state index contributed by atoms with van der Waals surface area (Å²) in [6.07, 6.45) is 0.979. The van der Waals surface area contributed by atoms with Crippen molar-refractivity contribution in [3.8, 4) is 0 Å². The predicted octanol–water partition coefficient (Wildman–Crippen LogP) is 1.24. The average molecular weight is 280 g/mol. The van der Waals surface area contributed by atoms with Crippen LogP contribution in [0.2, 0.25) is 0 Å². The number of nitrogens with one attached hydrogen (secondary N) is 1. The third-order valence-electron chi connectivity index (χ3n) is 3.84. The van der Waals surface area contributed by atoms with E-state index >= 15 is 0 Å². The molecule has 1 aliphatic rings. The quantitative estimate of drug-likeness (QED) is 0.875. The van der Waals surface area contributed by atoms with E-state index in [4.69, 9.17) is 9.47 Å². The molecule has 112 valence electrons. The minimum Gasteiger partial charge on any atom is -0.377 e. The van der Waals surface area contributed by atoms with Gasteiger partial charge in [0.25, 0.3) is 0 Å². The van der Waals surface area contributed by atoms with Crippen LogP contribution < -0.4 is 10.2 Å². The molecule has 1 aliphatic heterocycles. The Kier molecular flexibility index (Phi) is 4.77. The number of hydrogen-bond acceptors (Lipinski definition) is 6. The summed E-state index contributed by atoms with van der Waals surface area (Å²) in [5, 5.41) is 3.14. The summed E-state index contributed by atoms with van der Waals surface area (Å²) in [5.74, 6) is 2.72. The summed E-state index contributed by atoms with van der Waals surface area (Å²) in [4.78, 5) is 11.4. The summed E-state index contributed by atoms with van der Waals surface area (Å²) in [7, 11) is 5.34. The molecule has 6 heteroatoms. The van der Waals surface area contributed by atoms with Crippen LogP contribution in [-0.2, 0) is 15.9 Å². The topological polar surface area (TPSA) is 59.5 Å². The minimum atomic E-state index is 0.0810. The van der Waals surface area contributed by atoms with Crippen LogP contribution in [0, 0.1) is 6.92 Å². The Hall–Kier alpha value is -1.40. The molecule has 0 aromatic carbocycles. The highest BCUT2D eigenvalue weighted by Gasteiger charge is 2.34. The van der Waals surface area contributed by atoms with Crippen molar-refractivity contribution in [3.05, 3.63) is 11.4 Å². The van der Waals surface area contributed by atoms with E-state index in [1.807, 2.05) is 14.0 Å². The second-order valence-corrected chi connectivity index (χ2v) is 4.99. The number of nitrogens with zero attached hydrogens (tertiary/aromatic N) is 3. The number of rotatable bonds is 5. The summed E-state index contributed by atoms with van der Waals surface area (Å²) in [6.45, 7) is 5.69. The minimum absolute atomic E-state index is 0.0810. The van der Waals surface area contributed by atoms with Gasteiger partial charge in [-0.15, -0.1) is 0 Å². The fourth-order valence-electron chi connectivity index (χ4n) is 2.63. The van der Waals surface area contributed by atoms with E-state index in [-0.39, 0.29) is 12.2 Å². The summed E-state index contributed by atoms with van der Waals surface area (Å²) < 4.78 is 11.0. The molecule has 1 aromatic rings. The van der Waals surface area contributed by atoms with E-state index in [0.29, 0.717) is 0 Å². The maximum Gasteiger partial charge on any atom is 0.137 e. The Morgan fingerprint density at radius 3 is 2.25 bits per heavy atom. The molecule has 2 rings (SSSR count). The largest absolute Gasteiger partial charge is 0.377 e. The lowest BCUT2D eigenvalue weighted by Gasteiger charge is -2.21. The molecular formula is C14H24N4O2. The van der Waals surface area contributed by atoms with Crippen molar-refractivity contribution in [2.75, 3.05) is 44.6 Å². The van der Waals surface area contributed by atoms with Gasteiger partial charge in [-0.3, -0.25) is 0 Å². The Labute approximate surface area is 120 Å². The lowest BCUT2D eigenvalue weighted by Crippen LogP contribution is -2.27. The smallest absolute Gasteiger partial charge is 0.137 e. The monoisotopic (exact) mass is 280 g/mol. The van der Waals surface area contributed by atoms with Crippen LogP contribution in [0.3, 0.4) is 0 Å². The SMILES string of the molecule is CCc1nc(NC)c(C)c(N2CC(OC)C(OC)C2)n1. The van der Waals surface area contributed by atoms with Crippen LogP contribution in [0.15, 0.2) is 0 Å². The lowest BCUT2D eigenvalue weighted by molar-refractivity contribution is -0.00461. The van der Waals surface area contributed by atoms with Crippen molar-refractivity contribution < 1.29 is 9.47 Å². The maximum atomic E-state index is 5.49. The zero-order valence-corrected chi connectivity index (χ0v) is 12.9. The van der Waals surface area contributed by atoms with E-state index in [9.17, 15) is 0 Å². The third kappa shape index (κ3) is 2.71. The maximum absolute atomic E-state index is 5.49. The second-order valence-electron chi connectivity index (χ2n) is 4.99. The van der Waals surface area contributed by atoms with Crippen molar-refractivity contribution in [1.29, 1.82) is 0 Å². The molecule has 0 aliphatic carbocycles. The first-order valence-corrected chi connectivity index (χ1v) is 7.00. The Morgan fingerprint density at radius 2 is 1.80 bits per heavy atom. The molecule has 0 spiro atoms. The van der Waals surface area contributed by atoms with Gasteiger partial charge in [0.05, 0.1) is 0 Å². The first-order valence-electron chi connectivity index (χ1n) is 7.00. The fourth-order valence-corrected chi connectivity index (χ4v) is 2.63. The second kappa shape index (κ2) is 6.37. The van der Waals surface area contributed by atoms with Gasteiger partial charge in [-0.1, -0.05) is 6.92 Å². The molecule has 2 heterocycles. The highest BCUT2D eigenvalue weighted by Crippen LogP contribution is 2.28. The predicted molar refractivity (Wildman–Crippen MR) is 79.5 cm³/mol. The number of hydrogen-bond donors (Lipinski definition) is 1. The van der Waals surface area contributed by atoms with E-state index in [0.717, 1.165) is 42.5 Å². The fraction of sp³-hybridized carbons (Fsp3) is 0.714. The van der Waals surface area contributed by atoms with Gasteiger partial charge in [-0.05, 0) is 6.92 Å². The highest BCUT2D eigenvalue weighted by atomic mass is 16.5. The molecule has 6 nitrogen and oxygen atoms in total. The first-order chi connectivity index (χ1) is 9.64. The zero-order valence-electron chi connectivity index (χ0n) is 12.9. The summed E-state index contributed by atoms with van der Waals surface area (Å²) in [6, 6.07) is 0. The van der Waals surface area contributed by atoms with E-state index in [2.05, 4.69) is 27.1 Å². The van der Waals surface area contributed by atoms with Crippen LogP contribution in [0.25, 0.3) is 0 Å². The van der Waals surface area contributed by atoms with Gasteiger partial charge in [-0.25, -0.2) is 9.97 Å². The van der Waals surface area contributed by atoms with Gasteiger partial charge in [0.15, 0.2) is 0 Å². The molecular weight excluding hydrogens is 256 g/mol. The van der Waals surface area contributed by atoms with E-state index in [1.165, 1.54) is 0 Å². The van der Waals surface area contributed by atoms with Crippen molar-refractivity contribution in [3.63, 3.8) is 0 Å². The van der Waals surface area contributed by atoms with Gasteiger partial charge >= 0.3 is 0 Å². The lowest BCUT2D eigenvalue weighted by atomic mass is 10.2. The summed E-state index contributed by atoms with van der Waals surface area (Å²) >= 11 is 0. The molecule has 0 bridgehead atoms. The van der Waals surface area contributed by atoms with E-state index < -0.39 is 0 Å². The molecule has 20 heavy (non-hydrogen) atoms. The average Bonchev–Trinajstić information content (AvgIpc) is 2.90. The first kappa shape index (κ1) is 15.0. The number of methoxy groups -OCH3 is 2. The van der Waals surface area contributed by atoms with Gasteiger partial charge in [0.2, 0.25) is 0 Å². The van der Waals surface area contributed by atoms with Crippen molar-refractivity contribution in [1.82, 2.24) is 9.97 Å². The molecule has 2 atom stereocenters. The molecule has 0 saturated carbocycles. The molecule has 2 unspecified atom stereocenters. The van der Waals surface area contributed by atoms with Crippen molar-refractivity contribution in [2.45, 2.75) is 32.5 Å². The van der Waals surface area contributed by atoms with Gasteiger partial charge < -0.3 is 19.7 Å². The van der Waals surface area contributed by atoms with Gasteiger partial charge in [0, 0.05) is 46.3 Å². The summed E-state index contributed by atoms with van der Waals surface area (Å²) in [5.41, 5.74) is 1.07. The molecule has 1 N–H and O–H groups in total. The van der Waals surface area contributed by atoms with Crippen LogP contribution in [0.5, 0.6) is 0 Å². The van der Waals surface area contributed by atoms with Crippen LogP contribution >= 0.6 is 0 Å². The molecule has 0 radical (unpaired) electrons. The molecule has 1 fully saturated rings. The number of ether oxygens (including phenoxy) is 2. The third-order valence-corrected chi connectivity index (χ3v) is 3.84. The standard InChI is InChI=1S/C14H24N4O2/c1-6-12-16-13(15-3)9(2)14(17-12)18-7-10(19-4)11(8-18)20-5/h10-11H,6-8H2,1-5H3,(H,15,16,17). The number of anilines is 2.